The predicted octanol–water partition coefficient (Wildman–Crippen LogP) is 1.15. The highest BCUT2D eigenvalue weighted by Crippen LogP contribution is 2.20. The normalized spacial score (nSPS) is 12.2. The van der Waals surface area contributed by atoms with Crippen LogP contribution in [0.4, 0.5) is 0 Å². The van der Waals surface area contributed by atoms with Crippen molar-refractivity contribution in [3.05, 3.63) is 29.8 Å². The summed E-state index contributed by atoms with van der Waals surface area (Å²) in [6.45, 7) is 4.82. The van der Waals surface area contributed by atoms with Gasteiger partial charge in [0.05, 0.1) is 10.5 Å². The summed E-state index contributed by atoms with van der Waals surface area (Å²) >= 11 is 0. The van der Waals surface area contributed by atoms with Gasteiger partial charge >= 0.3 is 0 Å². The van der Waals surface area contributed by atoms with Crippen molar-refractivity contribution in [1.82, 2.24) is 4.90 Å². The van der Waals surface area contributed by atoms with Crippen molar-refractivity contribution in [2.24, 2.45) is 11.1 Å². The molecule has 1 aromatic carbocycles. The van der Waals surface area contributed by atoms with Gasteiger partial charge in [-0.2, -0.15) is 0 Å². The standard InChI is InChI=1S/C14H22N2O3S/c1-14(2,9-15)10-16(3)13(17)11-7-5-6-8-12(11)20(4,18)19/h5-8H,9-10,15H2,1-4H3. The van der Waals surface area contributed by atoms with Crippen molar-refractivity contribution in [3.8, 4) is 0 Å². The third-order valence-corrected chi connectivity index (χ3v) is 4.24. The second-order valence-electron chi connectivity index (χ2n) is 5.80. The molecule has 0 atom stereocenters. The Hall–Kier alpha value is -1.40. The molecule has 0 aliphatic heterocycles. The highest BCUT2D eigenvalue weighted by molar-refractivity contribution is 7.90. The molecule has 1 amide bonds. The van der Waals surface area contributed by atoms with Crippen LogP contribution in [0, 0.1) is 5.41 Å². The number of nitrogens with two attached hydrogens (primary N) is 1. The molecule has 0 aliphatic rings. The van der Waals surface area contributed by atoms with Gasteiger partial charge in [-0.3, -0.25) is 4.79 Å². The van der Waals surface area contributed by atoms with E-state index >= 15 is 0 Å². The van der Waals surface area contributed by atoms with Gasteiger partial charge in [-0.1, -0.05) is 26.0 Å². The summed E-state index contributed by atoms with van der Waals surface area (Å²) in [7, 11) is -1.78. The van der Waals surface area contributed by atoms with E-state index in [1.807, 2.05) is 13.8 Å². The van der Waals surface area contributed by atoms with E-state index in [2.05, 4.69) is 0 Å². The summed E-state index contributed by atoms with van der Waals surface area (Å²) in [5.74, 6) is -0.312. The summed E-state index contributed by atoms with van der Waals surface area (Å²) in [4.78, 5) is 14.0. The van der Waals surface area contributed by atoms with Crippen molar-refractivity contribution in [2.45, 2.75) is 18.7 Å². The number of carbonyl (C=O) groups is 1. The van der Waals surface area contributed by atoms with Gasteiger partial charge in [0.1, 0.15) is 0 Å². The Morgan fingerprint density at radius 2 is 1.85 bits per heavy atom. The third-order valence-electron chi connectivity index (χ3n) is 3.08. The zero-order chi connectivity index (χ0) is 15.6. The Labute approximate surface area is 120 Å². The average molecular weight is 298 g/mol. The van der Waals surface area contributed by atoms with Crippen LogP contribution >= 0.6 is 0 Å². The topological polar surface area (TPSA) is 80.5 Å². The molecule has 5 nitrogen and oxygen atoms in total. The molecule has 20 heavy (non-hydrogen) atoms. The molecule has 1 aromatic rings. The molecule has 0 radical (unpaired) electrons. The molecular formula is C14H22N2O3S. The second-order valence-corrected chi connectivity index (χ2v) is 7.78. The smallest absolute Gasteiger partial charge is 0.254 e. The van der Waals surface area contributed by atoms with Crippen molar-refractivity contribution in [2.75, 3.05) is 26.4 Å². The lowest BCUT2D eigenvalue weighted by Crippen LogP contribution is -2.40. The average Bonchev–Trinajstić information content (AvgIpc) is 2.36. The number of hydrogen-bond donors (Lipinski definition) is 1. The van der Waals surface area contributed by atoms with E-state index in [0.29, 0.717) is 13.1 Å². The van der Waals surface area contributed by atoms with Crippen LogP contribution in [0.5, 0.6) is 0 Å². The molecule has 0 bridgehead atoms. The predicted molar refractivity (Wildman–Crippen MR) is 79.3 cm³/mol. The molecule has 1 rings (SSSR count). The lowest BCUT2D eigenvalue weighted by Gasteiger charge is -2.29. The summed E-state index contributed by atoms with van der Waals surface area (Å²) < 4.78 is 23.5. The zero-order valence-electron chi connectivity index (χ0n) is 12.4. The lowest BCUT2D eigenvalue weighted by atomic mass is 9.93. The fourth-order valence-electron chi connectivity index (χ4n) is 1.95. The van der Waals surface area contributed by atoms with Crippen LogP contribution in [0.2, 0.25) is 0 Å². The minimum atomic E-state index is -3.43. The Bertz CT molecular complexity index is 594. The molecule has 0 aliphatic carbocycles. The van der Waals surface area contributed by atoms with Gasteiger partial charge in [-0.25, -0.2) is 8.42 Å². The summed E-state index contributed by atoms with van der Waals surface area (Å²) in [5, 5.41) is 0. The van der Waals surface area contributed by atoms with Crippen molar-refractivity contribution in [1.29, 1.82) is 0 Å². The highest BCUT2D eigenvalue weighted by Gasteiger charge is 2.25. The molecule has 2 N–H and O–H groups in total. The van der Waals surface area contributed by atoms with Crippen LogP contribution in [0.1, 0.15) is 24.2 Å². The lowest BCUT2D eigenvalue weighted by molar-refractivity contribution is 0.0737. The van der Waals surface area contributed by atoms with Crippen LogP contribution in [0.15, 0.2) is 29.2 Å². The van der Waals surface area contributed by atoms with Gasteiger partial charge in [0.2, 0.25) is 0 Å². The Balaban J connectivity index is 3.11. The van der Waals surface area contributed by atoms with E-state index in [4.69, 9.17) is 5.73 Å². The van der Waals surface area contributed by atoms with Crippen LogP contribution in [-0.2, 0) is 9.84 Å². The van der Waals surface area contributed by atoms with Gasteiger partial charge in [0, 0.05) is 19.8 Å². The van der Waals surface area contributed by atoms with E-state index < -0.39 is 9.84 Å². The first-order valence-electron chi connectivity index (χ1n) is 6.33. The molecule has 0 fully saturated rings. The SMILES string of the molecule is CN(CC(C)(C)CN)C(=O)c1ccccc1S(C)(=O)=O. The van der Waals surface area contributed by atoms with Crippen LogP contribution in [0.25, 0.3) is 0 Å². The first kappa shape index (κ1) is 16.7. The largest absolute Gasteiger partial charge is 0.341 e. The zero-order valence-corrected chi connectivity index (χ0v) is 13.2. The minimum Gasteiger partial charge on any atom is -0.341 e. The van der Waals surface area contributed by atoms with Crippen LogP contribution in [-0.4, -0.2) is 45.6 Å². The fraction of sp³-hybridized carbons (Fsp3) is 0.500. The van der Waals surface area contributed by atoms with E-state index in [0.717, 1.165) is 6.26 Å². The molecule has 0 unspecified atom stereocenters. The van der Waals surface area contributed by atoms with Crippen LogP contribution < -0.4 is 5.73 Å². The van der Waals surface area contributed by atoms with Crippen molar-refractivity contribution >= 4 is 15.7 Å². The maximum absolute atomic E-state index is 12.4. The fourth-order valence-corrected chi connectivity index (χ4v) is 2.83. The molecular weight excluding hydrogens is 276 g/mol. The summed E-state index contributed by atoms with van der Waals surface area (Å²) in [6, 6.07) is 6.25. The molecule has 112 valence electrons. The number of rotatable bonds is 5. The number of amides is 1. The number of hydrogen-bond acceptors (Lipinski definition) is 4. The molecule has 0 heterocycles. The van der Waals surface area contributed by atoms with E-state index in [1.165, 1.54) is 17.0 Å². The molecule has 0 saturated heterocycles. The first-order valence-corrected chi connectivity index (χ1v) is 8.22. The van der Waals surface area contributed by atoms with Crippen molar-refractivity contribution in [3.63, 3.8) is 0 Å². The van der Waals surface area contributed by atoms with E-state index in [1.54, 1.807) is 19.2 Å². The molecule has 0 saturated carbocycles. The maximum atomic E-state index is 12.4. The monoisotopic (exact) mass is 298 g/mol. The highest BCUT2D eigenvalue weighted by atomic mass is 32.2. The summed E-state index contributed by atoms with van der Waals surface area (Å²) in [6.07, 6.45) is 1.10. The van der Waals surface area contributed by atoms with Gasteiger partial charge in [-0.05, 0) is 24.1 Å². The minimum absolute atomic E-state index is 0.0578. The number of benzene rings is 1. The molecule has 6 heteroatoms. The van der Waals surface area contributed by atoms with Gasteiger partial charge in [0.15, 0.2) is 9.84 Å². The van der Waals surface area contributed by atoms with Crippen molar-refractivity contribution < 1.29 is 13.2 Å². The van der Waals surface area contributed by atoms with Gasteiger partial charge in [0.25, 0.3) is 5.91 Å². The summed E-state index contributed by atoms with van der Waals surface area (Å²) in [5.41, 5.74) is 5.64. The Morgan fingerprint density at radius 1 is 1.30 bits per heavy atom. The van der Waals surface area contributed by atoms with Crippen LogP contribution in [0.3, 0.4) is 0 Å². The quantitative estimate of drug-likeness (QED) is 0.884. The number of nitrogens with zero attached hydrogens (tertiary/aromatic N) is 1. The van der Waals surface area contributed by atoms with Gasteiger partial charge < -0.3 is 10.6 Å². The second kappa shape index (κ2) is 5.93. The Morgan fingerprint density at radius 3 is 2.35 bits per heavy atom. The maximum Gasteiger partial charge on any atom is 0.254 e. The number of carbonyl (C=O) groups excluding carboxylic acids is 1. The van der Waals surface area contributed by atoms with E-state index in [9.17, 15) is 13.2 Å². The number of sulfone groups is 1. The molecule has 0 aromatic heterocycles. The van der Waals surface area contributed by atoms with E-state index in [-0.39, 0.29) is 21.8 Å². The molecule has 0 spiro atoms. The third kappa shape index (κ3) is 4.05. The Kier molecular flexibility index (Phi) is 4.94. The first-order chi connectivity index (χ1) is 9.08. The van der Waals surface area contributed by atoms with Gasteiger partial charge in [-0.15, -0.1) is 0 Å².